The number of hydrogen-bond acceptors (Lipinski definition) is 5. The van der Waals surface area contributed by atoms with E-state index in [9.17, 15) is 27.8 Å². The summed E-state index contributed by atoms with van der Waals surface area (Å²) in [4.78, 5) is 29.7. The highest BCUT2D eigenvalue weighted by Gasteiger charge is 2.38. The lowest BCUT2D eigenvalue weighted by atomic mass is 10.3. The van der Waals surface area contributed by atoms with E-state index in [4.69, 9.17) is 0 Å². The fourth-order valence-corrected chi connectivity index (χ4v) is 0.532. The minimum Gasteiger partial charge on any atom is -0.346 e. The summed E-state index contributed by atoms with van der Waals surface area (Å²) in [6, 6.07) is -1.27. The van der Waals surface area contributed by atoms with Crippen LogP contribution in [-0.4, -0.2) is 31.2 Å². The Morgan fingerprint density at radius 3 is 2.29 bits per heavy atom. The molecule has 1 amide bonds. The fraction of sp³-hybridized carbons (Fsp3) is 0.800. The van der Waals surface area contributed by atoms with Crippen LogP contribution in [0.1, 0.15) is 0 Å². The number of hydrogen-bond donors (Lipinski definition) is 1. The third-order valence-corrected chi connectivity index (χ3v) is 1.19. The van der Waals surface area contributed by atoms with E-state index in [1.165, 1.54) is 5.32 Å². The van der Waals surface area contributed by atoms with Crippen molar-refractivity contribution in [3.8, 4) is 0 Å². The molecule has 0 rings (SSSR count). The monoisotopic (exact) mass is 213 g/mol. The van der Waals surface area contributed by atoms with Crippen molar-refractivity contribution in [3.05, 3.63) is 9.81 Å². The molecule has 0 saturated heterocycles. The molecule has 9 heteroatoms. The van der Waals surface area contributed by atoms with Crippen molar-refractivity contribution in [3.63, 3.8) is 0 Å². The van der Waals surface area contributed by atoms with E-state index in [1.54, 1.807) is 0 Å². The Morgan fingerprint density at radius 2 is 1.93 bits per heavy atom. The quantitative estimate of drug-likeness (QED) is 0.677. The summed E-state index contributed by atoms with van der Waals surface area (Å²) in [7, 11) is 0. The van der Waals surface area contributed by atoms with Gasteiger partial charge in [0.1, 0.15) is 12.6 Å². The van der Waals surface area contributed by atoms with Crippen molar-refractivity contribution in [1.82, 2.24) is 5.32 Å². The second-order valence-corrected chi connectivity index (χ2v) is 2.28. The van der Waals surface area contributed by atoms with Crippen LogP contribution in [0.5, 0.6) is 0 Å². The third kappa shape index (κ3) is 4.48. The number of halogens is 3. The molecule has 80 valence electrons. The number of nitrogens with zero attached hydrogens (tertiary/aromatic N) is 2. The predicted octanol–water partition coefficient (Wildman–Crippen LogP) is 0.566. The molecule has 14 heavy (non-hydrogen) atoms. The molecule has 0 aliphatic carbocycles. The molecule has 0 aliphatic heterocycles. The molecule has 0 spiro atoms. The van der Waals surface area contributed by atoms with Gasteiger partial charge in [0, 0.05) is 6.54 Å². The van der Waals surface area contributed by atoms with Crippen LogP contribution in [-0.2, 0) is 4.79 Å². The lowest BCUT2D eigenvalue weighted by Crippen LogP contribution is -2.40. The first-order valence-electron chi connectivity index (χ1n) is 3.38. The molecule has 0 fully saturated rings. The molecule has 0 saturated carbocycles. The standard InChI is InChI=1S/C5H6F3N3O3/c6-5(7,8)4(12)9-1-3(11-14)2-10-13/h3H,1-2H2,(H,9,12). The van der Waals surface area contributed by atoms with E-state index >= 15 is 0 Å². The minimum atomic E-state index is -5.01. The molecule has 0 aromatic heterocycles. The number of alkyl halides is 3. The summed E-state index contributed by atoms with van der Waals surface area (Å²) >= 11 is 0. The van der Waals surface area contributed by atoms with Gasteiger partial charge in [-0.25, -0.2) is 0 Å². The number of carbonyl (C=O) groups excluding carboxylic acids is 1. The zero-order valence-corrected chi connectivity index (χ0v) is 6.74. The summed E-state index contributed by atoms with van der Waals surface area (Å²) in [6.07, 6.45) is -5.01. The maximum Gasteiger partial charge on any atom is 0.471 e. The van der Waals surface area contributed by atoms with Gasteiger partial charge in [0.25, 0.3) is 0 Å². The van der Waals surface area contributed by atoms with E-state index < -0.39 is 31.2 Å². The minimum absolute atomic E-state index is 0.568. The second kappa shape index (κ2) is 5.25. The highest BCUT2D eigenvalue weighted by atomic mass is 19.4. The summed E-state index contributed by atoms with van der Waals surface area (Å²) in [6.45, 7) is -1.23. The van der Waals surface area contributed by atoms with E-state index in [-0.39, 0.29) is 0 Å². The van der Waals surface area contributed by atoms with Crippen LogP contribution >= 0.6 is 0 Å². The molecular weight excluding hydrogens is 207 g/mol. The Bertz CT molecular complexity index is 230. The average molecular weight is 213 g/mol. The maximum absolute atomic E-state index is 11.6. The zero-order chi connectivity index (χ0) is 11.2. The molecule has 0 radical (unpaired) electrons. The van der Waals surface area contributed by atoms with Crippen molar-refractivity contribution in [1.29, 1.82) is 0 Å². The SMILES string of the molecule is O=NCC(CNC(=O)C(F)(F)F)N=O. The molecule has 0 aromatic rings. The zero-order valence-electron chi connectivity index (χ0n) is 6.74. The van der Waals surface area contributed by atoms with Gasteiger partial charge in [-0.1, -0.05) is 10.4 Å². The van der Waals surface area contributed by atoms with Crippen LogP contribution in [0.2, 0.25) is 0 Å². The molecule has 1 N–H and O–H groups in total. The first-order chi connectivity index (χ1) is 6.41. The Balaban J connectivity index is 3.97. The topological polar surface area (TPSA) is 88.0 Å². The smallest absolute Gasteiger partial charge is 0.346 e. The van der Waals surface area contributed by atoms with Crippen LogP contribution in [0.15, 0.2) is 10.4 Å². The second-order valence-electron chi connectivity index (χ2n) is 2.28. The number of carbonyl (C=O) groups is 1. The van der Waals surface area contributed by atoms with Gasteiger partial charge in [-0.05, 0) is 0 Å². The van der Waals surface area contributed by atoms with E-state index in [2.05, 4.69) is 10.4 Å². The van der Waals surface area contributed by atoms with Crippen molar-refractivity contribution in [2.24, 2.45) is 10.4 Å². The molecule has 1 unspecified atom stereocenters. The van der Waals surface area contributed by atoms with E-state index in [0.29, 0.717) is 0 Å². The maximum atomic E-state index is 11.6. The van der Waals surface area contributed by atoms with Crippen molar-refractivity contribution >= 4 is 5.91 Å². The van der Waals surface area contributed by atoms with E-state index in [1.807, 2.05) is 0 Å². The van der Waals surface area contributed by atoms with Crippen molar-refractivity contribution in [2.75, 3.05) is 13.1 Å². The molecule has 0 aromatic carbocycles. The Morgan fingerprint density at radius 1 is 1.36 bits per heavy atom. The average Bonchev–Trinajstić information content (AvgIpc) is 2.10. The van der Waals surface area contributed by atoms with Crippen LogP contribution < -0.4 is 5.32 Å². The van der Waals surface area contributed by atoms with Gasteiger partial charge in [-0.3, -0.25) is 4.79 Å². The Kier molecular flexibility index (Phi) is 4.67. The normalized spacial score (nSPS) is 13.1. The fourth-order valence-electron chi connectivity index (χ4n) is 0.532. The highest BCUT2D eigenvalue weighted by Crippen LogP contribution is 2.13. The molecular formula is C5H6F3N3O3. The van der Waals surface area contributed by atoms with Gasteiger partial charge in [-0.2, -0.15) is 23.0 Å². The van der Waals surface area contributed by atoms with Crippen molar-refractivity contribution in [2.45, 2.75) is 12.2 Å². The van der Waals surface area contributed by atoms with E-state index in [0.717, 1.165) is 0 Å². The lowest BCUT2D eigenvalue weighted by molar-refractivity contribution is -0.173. The first kappa shape index (κ1) is 12.5. The van der Waals surface area contributed by atoms with Gasteiger partial charge in [-0.15, -0.1) is 0 Å². The summed E-state index contributed by atoms with van der Waals surface area (Å²) < 4.78 is 34.8. The Labute approximate surface area is 75.8 Å². The van der Waals surface area contributed by atoms with Gasteiger partial charge < -0.3 is 5.32 Å². The highest BCUT2D eigenvalue weighted by molar-refractivity contribution is 5.81. The van der Waals surface area contributed by atoms with Crippen molar-refractivity contribution < 1.29 is 18.0 Å². The van der Waals surface area contributed by atoms with Crippen LogP contribution in [0.3, 0.4) is 0 Å². The molecule has 0 bridgehead atoms. The molecule has 1 atom stereocenters. The lowest BCUT2D eigenvalue weighted by Gasteiger charge is -2.08. The van der Waals surface area contributed by atoms with Crippen LogP contribution in [0.4, 0.5) is 13.2 Å². The molecule has 0 heterocycles. The molecule has 6 nitrogen and oxygen atoms in total. The van der Waals surface area contributed by atoms with Gasteiger partial charge in [0.05, 0.1) is 0 Å². The number of nitrogens with one attached hydrogen (secondary N) is 1. The molecule has 0 aliphatic rings. The first-order valence-corrected chi connectivity index (χ1v) is 3.38. The largest absolute Gasteiger partial charge is 0.471 e. The predicted molar refractivity (Wildman–Crippen MR) is 39.3 cm³/mol. The summed E-state index contributed by atoms with van der Waals surface area (Å²) in [5.74, 6) is -2.18. The van der Waals surface area contributed by atoms with Crippen LogP contribution in [0, 0.1) is 9.81 Å². The third-order valence-electron chi connectivity index (χ3n) is 1.19. The summed E-state index contributed by atoms with van der Waals surface area (Å²) in [5.41, 5.74) is 0. The number of rotatable bonds is 5. The summed E-state index contributed by atoms with van der Waals surface area (Å²) in [5, 5.41) is 5.98. The number of amides is 1. The van der Waals surface area contributed by atoms with Gasteiger partial charge in [0.15, 0.2) is 0 Å². The van der Waals surface area contributed by atoms with Gasteiger partial charge in [0.2, 0.25) is 0 Å². The Hall–Kier alpha value is -1.54. The van der Waals surface area contributed by atoms with Gasteiger partial charge >= 0.3 is 12.1 Å². The number of nitroso groups, excluding NO2 is 2. The van der Waals surface area contributed by atoms with Crippen LogP contribution in [0.25, 0.3) is 0 Å².